The van der Waals surface area contributed by atoms with E-state index in [1.54, 1.807) is 0 Å². The third-order valence-electron chi connectivity index (χ3n) is 5.15. The maximum absolute atomic E-state index is 3.96. The summed E-state index contributed by atoms with van der Waals surface area (Å²) in [4.78, 5) is 0. The van der Waals surface area contributed by atoms with Crippen molar-refractivity contribution in [1.82, 2.24) is 3.93 Å². The van der Waals surface area contributed by atoms with E-state index < -0.39 is 0 Å². The third kappa shape index (κ3) is 2.01. The van der Waals surface area contributed by atoms with Gasteiger partial charge in [-0.05, 0) is 74.7 Å². The molecule has 20 heavy (non-hydrogen) atoms. The van der Waals surface area contributed by atoms with E-state index >= 15 is 0 Å². The van der Waals surface area contributed by atoms with Crippen molar-refractivity contribution in [3.8, 4) is 0 Å². The van der Waals surface area contributed by atoms with Gasteiger partial charge in [0.2, 0.25) is 0 Å². The first kappa shape index (κ1) is 17.0. The second kappa shape index (κ2) is 6.02. The van der Waals surface area contributed by atoms with E-state index in [-0.39, 0.29) is 11.1 Å². The summed E-state index contributed by atoms with van der Waals surface area (Å²) in [5.41, 5.74) is 3.07. The van der Waals surface area contributed by atoms with E-state index in [1.807, 2.05) is 0 Å². The lowest BCUT2D eigenvalue weighted by molar-refractivity contribution is 0.0968. The van der Waals surface area contributed by atoms with E-state index in [2.05, 4.69) is 91.8 Å². The van der Waals surface area contributed by atoms with Gasteiger partial charge in [0.05, 0.1) is 11.1 Å². The number of rotatable bonds is 4. The molecule has 0 saturated heterocycles. The molecule has 0 aromatic heterocycles. The summed E-state index contributed by atoms with van der Waals surface area (Å²) in [6.45, 7) is 9.16. The van der Waals surface area contributed by atoms with Crippen LogP contribution in [0.4, 0.5) is 0 Å². The smallest absolute Gasteiger partial charge is 0.0584 e. The highest BCUT2D eigenvalue weighted by molar-refractivity contribution is 9.13. The van der Waals surface area contributed by atoms with E-state index in [1.165, 1.54) is 15.6 Å². The highest BCUT2D eigenvalue weighted by atomic mass is 79.9. The molecule has 1 aromatic carbocycles. The van der Waals surface area contributed by atoms with Crippen LogP contribution in [0.2, 0.25) is 0 Å². The Bertz CT molecular complexity index is 505. The van der Waals surface area contributed by atoms with Gasteiger partial charge in [-0.25, -0.2) is 3.93 Å². The van der Waals surface area contributed by atoms with Gasteiger partial charge in [0.25, 0.3) is 0 Å². The van der Waals surface area contributed by atoms with Gasteiger partial charge in [0.1, 0.15) is 0 Å². The van der Waals surface area contributed by atoms with Gasteiger partial charge >= 0.3 is 0 Å². The van der Waals surface area contributed by atoms with Crippen LogP contribution in [0.1, 0.15) is 64.5 Å². The number of nitrogens with zero attached hydrogens (tertiary/aromatic N) is 1. The summed E-state index contributed by atoms with van der Waals surface area (Å²) in [7, 11) is 0. The minimum absolute atomic E-state index is 0.0595. The Morgan fingerprint density at radius 1 is 0.900 bits per heavy atom. The largest absolute Gasteiger partial charge is 0.221 e. The molecular formula is C16H22Br3N. The van der Waals surface area contributed by atoms with Crippen molar-refractivity contribution in [2.24, 2.45) is 0 Å². The molecule has 112 valence electrons. The minimum Gasteiger partial charge on any atom is -0.221 e. The zero-order valence-corrected chi connectivity index (χ0v) is 17.3. The fraction of sp³-hybridized carbons (Fsp3) is 0.625. The molecule has 1 aliphatic rings. The molecule has 1 aliphatic heterocycles. The van der Waals surface area contributed by atoms with Crippen LogP contribution in [0.5, 0.6) is 0 Å². The van der Waals surface area contributed by atoms with Crippen LogP contribution in [0.15, 0.2) is 21.1 Å². The van der Waals surface area contributed by atoms with Crippen molar-refractivity contribution in [1.29, 1.82) is 0 Å². The first-order valence-corrected chi connectivity index (χ1v) is 9.69. The Morgan fingerprint density at radius 3 is 1.85 bits per heavy atom. The van der Waals surface area contributed by atoms with Crippen molar-refractivity contribution in [2.75, 3.05) is 0 Å². The lowest BCUT2D eigenvalue weighted by Gasteiger charge is -2.42. The van der Waals surface area contributed by atoms with Crippen molar-refractivity contribution in [3.05, 3.63) is 32.2 Å². The van der Waals surface area contributed by atoms with Gasteiger partial charge in [0.15, 0.2) is 0 Å². The quantitative estimate of drug-likeness (QED) is 0.437. The summed E-state index contributed by atoms with van der Waals surface area (Å²) in [5, 5.41) is 0. The van der Waals surface area contributed by atoms with Crippen molar-refractivity contribution >= 4 is 48.0 Å². The number of halogens is 3. The number of hydrogen-bond acceptors (Lipinski definition) is 1. The predicted molar refractivity (Wildman–Crippen MR) is 97.1 cm³/mol. The van der Waals surface area contributed by atoms with Gasteiger partial charge < -0.3 is 0 Å². The number of fused-ring (bicyclic) bond motifs is 1. The number of hydrogen-bond donors (Lipinski definition) is 0. The Hall–Kier alpha value is 0.620. The minimum atomic E-state index is 0.0595. The van der Waals surface area contributed by atoms with Gasteiger partial charge in [-0.3, -0.25) is 0 Å². The Kier molecular flexibility index (Phi) is 5.11. The van der Waals surface area contributed by atoms with Crippen LogP contribution in [0.25, 0.3) is 0 Å². The first-order chi connectivity index (χ1) is 9.45. The molecule has 0 saturated carbocycles. The van der Waals surface area contributed by atoms with Crippen LogP contribution >= 0.6 is 48.0 Å². The highest BCUT2D eigenvalue weighted by Crippen LogP contribution is 2.60. The predicted octanol–water partition coefficient (Wildman–Crippen LogP) is 6.87. The standard InChI is InChI=1S/C16H22Br3N/c1-5-15(6-2)11-9-10-12(17)14(18)13(11)16(7-3,8-4)20(15)19/h9-10H,5-8H2,1-4H3. The molecule has 0 spiro atoms. The van der Waals surface area contributed by atoms with E-state index in [0.717, 1.165) is 30.2 Å². The zero-order chi connectivity index (χ0) is 15.1. The average Bonchev–Trinajstić information content (AvgIpc) is 2.69. The summed E-state index contributed by atoms with van der Waals surface area (Å²) in [5.74, 6) is 0. The average molecular weight is 468 g/mol. The highest BCUT2D eigenvalue weighted by Gasteiger charge is 2.55. The fourth-order valence-electron chi connectivity index (χ4n) is 3.80. The van der Waals surface area contributed by atoms with Gasteiger partial charge in [-0.1, -0.05) is 33.8 Å². The van der Waals surface area contributed by atoms with E-state index in [0.29, 0.717) is 0 Å². The molecule has 1 heterocycles. The maximum Gasteiger partial charge on any atom is 0.0584 e. The summed E-state index contributed by atoms with van der Waals surface area (Å²) in [6.07, 6.45) is 4.41. The fourth-order valence-corrected chi connectivity index (χ4v) is 6.21. The lowest BCUT2D eigenvalue weighted by atomic mass is 9.83. The zero-order valence-electron chi connectivity index (χ0n) is 12.6. The van der Waals surface area contributed by atoms with E-state index in [4.69, 9.17) is 0 Å². The Morgan fingerprint density at radius 2 is 1.40 bits per heavy atom. The molecule has 2 rings (SSSR count). The molecule has 0 amide bonds. The monoisotopic (exact) mass is 465 g/mol. The maximum atomic E-state index is 3.96. The Balaban J connectivity index is 2.84. The van der Waals surface area contributed by atoms with E-state index in [9.17, 15) is 0 Å². The van der Waals surface area contributed by atoms with Crippen LogP contribution < -0.4 is 0 Å². The molecule has 0 N–H and O–H groups in total. The second-order valence-electron chi connectivity index (χ2n) is 5.54. The molecule has 1 nitrogen and oxygen atoms in total. The molecule has 0 fully saturated rings. The van der Waals surface area contributed by atoms with Gasteiger partial charge in [0, 0.05) is 25.1 Å². The summed E-state index contributed by atoms with van der Waals surface area (Å²) < 4.78 is 4.83. The van der Waals surface area contributed by atoms with Crippen molar-refractivity contribution in [2.45, 2.75) is 64.5 Å². The molecule has 0 bridgehead atoms. The molecule has 0 radical (unpaired) electrons. The molecule has 0 atom stereocenters. The molecule has 0 aliphatic carbocycles. The molecule has 0 unspecified atom stereocenters. The van der Waals surface area contributed by atoms with Crippen molar-refractivity contribution < 1.29 is 0 Å². The normalized spacial score (nSPS) is 20.1. The third-order valence-corrected chi connectivity index (χ3v) is 8.53. The van der Waals surface area contributed by atoms with Crippen LogP contribution in [0, 0.1) is 0 Å². The van der Waals surface area contributed by atoms with Crippen molar-refractivity contribution in [3.63, 3.8) is 0 Å². The molecule has 4 heteroatoms. The Labute approximate surface area is 148 Å². The lowest BCUT2D eigenvalue weighted by Crippen LogP contribution is -2.43. The van der Waals surface area contributed by atoms with Crippen LogP contribution in [-0.2, 0) is 11.1 Å². The molecular weight excluding hydrogens is 446 g/mol. The van der Waals surface area contributed by atoms with Crippen LogP contribution in [-0.4, -0.2) is 3.93 Å². The van der Waals surface area contributed by atoms with Gasteiger partial charge in [-0.2, -0.15) is 0 Å². The topological polar surface area (TPSA) is 3.24 Å². The second-order valence-corrected chi connectivity index (χ2v) is 7.90. The summed E-state index contributed by atoms with van der Waals surface area (Å²) in [6, 6.07) is 4.48. The van der Waals surface area contributed by atoms with Crippen LogP contribution in [0.3, 0.4) is 0 Å². The SMILES string of the molecule is CCC1(CC)c2ccc(Br)c(Br)c2C(CC)(CC)N1Br. The first-order valence-electron chi connectivity index (χ1n) is 7.40. The molecule has 1 aromatic rings. The van der Waals surface area contributed by atoms with Gasteiger partial charge in [-0.15, -0.1) is 0 Å². The summed E-state index contributed by atoms with van der Waals surface area (Å²) >= 11 is 11.5. The number of benzene rings is 1.